The maximum atomic E-state index is 5.07. The Morgan fingerprint density at radius 3 is 2.15 bits per heavy atom. The normalized spacial score (nSPS) is 13.0. The highest BCUT2D eigenvalue weighted by Crippen LogP contribution is 2.23. The highest BCUT2D eigenvalue weighted by atomic mass is 32.1. The number of rotatable bonds is 3. The number of thiol groups is 1. The molecule has 0 N–H and O–H groups in total. The first kappa shape index (κ1) is 10.4. The van der Waals surface area contributed by atoms with E-state index < -0.39 is 0 Å². The van der Waals surface area contributed by atoms with Gasteiger partial charge in [-0.3, -0.25) is 4.90 Å². The lowest BCUT2D eigenvalue weighted by Gasteiger charge is -2.19. The Bertz CT molecular complexity index is 258. The third-order valence-electron chi connectivity index (χ3n) is 1.90. The molecule has 1 aromatic carbocycles. The number of nitrogens with zero attached hydrogens (tertiary/aromatic N) is 1. The second-order valence-electron chi connectivity index (χ2n) is 3.11. The molecule has 1 aromatic rings. The van der Waals surface area contributed by atoms with Gasteiger partial charge in [0.15, 0.2) is 0 Å². The van der Waals surface area contributed by atoms with Gasteiger partial charge in [0, 0.05) is 0 Å². The Balaban J connectivity index is 2.79. The lowest BCUT2D eigenvalue weighted by Crippen LogP contribution is -2.14. The molecule has 0 saturated heterocycles. The summed E-state index contributed by atoms with van der Waals surface area (Å²) in [5.41, 5.74) is 1.18. The van der Waals surface area contributed by atoms with Crippen molar-refractivity contribution >= 4 is 12.6 Å². The van der Waals surface area contributed by atoms with Crippen LogP contribution in [-0.2, 0) is 0 Å². The van der Waals surface area contributed by atoms with Crippen molar-refractivity contribution in [3.63, 3.8) is 0 Å². The molecule has 2 nitrogen and oxygen atoms in total. The van der Waals surface area contributed by atoms with Gasteiger partial charge in [-0.2, -0.15) is 12.6 Å². The molecule has 0 aliphatic carbocycles. The molecule has 0 saturated carbocycles. The second-order valence-corrected chi connectivity index (χ2v) is 3.60. The van der Waals surface area contributed by atoms with Gasteiger partial charge in [-0.15, -0.1) is 0 Å². The minimum atomic E-state index is 0.144. The van der Waals surface area contributed by atoms with Crippen LogP contribution in [-0.4, -0.2) is 26.1 Å². The van der Waals surface area contributed by atoms with Crippen LogP contribution in [0.3, 0.4) is 0 Å². The van der Waals surface area contributed by atoms with E-state index in [2.05, 4.69) is 12.6 Å². The van der Waals surface area contributed by atoms with Gasteiger partial charge in [-0.05, 0) is 31.8 Å². The summed E-state index contributed by atoms with van der Waals surface area (Å²) in [5.74, 6) is 0.878. The zero-order valence-corrected chi connectivity index (χ0v) is 9.08. The first-order valence-corrected chi connectivity index (χ1v) is 4.65. The van der Waals surface area contributed by atoms with Gasteiger partial charge in [0.25, 0.3) is 0 Å². The number of ether oxygens (including phenoxy) is 1. The summed E-state index contributed by atoms with van der Waals surface area (Å²) in [6, 6.07) is 7.94. The first-order valence-electron chi connectivity index (χ1n) is 4.13. The van der Waals surface area contributed by atoms with Crippen molar-refractivity contribution in [3.05, 3.63) is 29.8 Å². The third kappa shape index (κ3) is 2.64. The molecular formula is C10H15NOS. The molecule has 0 heterocycles. The van der Waals surface area contributed by atoms with Gasteiger partial charge >= 0.3 is 0 Å². The average molecular weight is 197 g/mol. The Labute approximate surface area is 84.9 Å². The van der Waals surface area contributed by atoms with Crippen LogP contribution in [0.25, 0.3) is 0 Å². The number of hydrogen-bond acceptors (Lipinski definition) is 3. The maximum absolute atomic E-state index is 5.07. The topological polar surface area (TPSA) is 12.5 Å². The van der Waals surface area contributed by atoms with Crippen LogP contribution in [0.1, 0.15) is 10.9 Å². The quantitative estimate of drug-likeness (QED) is 0.589. The van der Waals surface area contributed by atoms with Gasteiger partial charge in [0.2, 0.25) is 0 Å². The first-order chi connectivity index (χ1) is 6.15. The van der Waals surface area contributed by atoms with Crippen LogP contribution >= 0.6 is 12.6 Å². The van der Waals surface area contributed by atoms with Crippen LogP contribution in [0.5, 0.6) is 5.75 Å². The second kappa shape index (κ2) is 4.53. The average Bonchev–Trinajstić information content (AvgIpc) is 2.17. The summed E-state index contributed by atoms with van der Waals surface area (Å²) in [4.78, 5) is 2.05. The third-order valence-corrected chi connectivity index (χ3v) is 2.66. The fourth-order valence-corrected chi connectivity index (χ4v) is 1.25. The SMILES string of the molecule is COc1ccc(C(S)N(C)C)cc1. The van der Waals surface area contributed by atoms with Crippen LogP contribution in [0.15, 0.2) is 24.3 Å². The Morgan fingerprint density at radius 1 is 1.23 bits per heavy atom. The lowest BCUT2D eigenvalue weighted by atomic mass is 10.2. The number of hydrogen-bond donors (Lipinski definition) is 1. The van der Waals surface area contributed by atoms with Crippen LogP contribution in [0.4, 0.5) is 0 Å². The molecule has 0 fully saturated rings. The predicted molar refractivity (Wildman–Crippen MR) is 58.4 cm³/mol. The van der Waals surface area contributed by atoms with Crippen molar-refractivity contribution in [2.75, 3.05) is 21.2 Å². The maximum Gasteiger partial charge on any atom is 0.118 e. The van der Waals surface area contributed by atoms with Crippen molar-refractivity contribution in [2.24, 2.45) is 0 Å². The molecule has 72 valence electrons. The van der Waals surface area contributed by atoms with E-state index in [0.29, 0.717) is 0 Å². The molecule has 0 amide bonds. The summed E-state index contributed by atoms with van der Waals surface area (Å²) in [7, 11) is 5.67. The lowest BCUT2D eigenvalue weighted by molar-refractivity contribution is 0.391. The van der Waals surface area contributed by atoms with E-state index in [1.165, 1.54) is 5.56 Å². The van der Waals surface area contributed by atoms with Gasteiger partial charge in [-0.25, -0.2) is 0 Å². The largest absolute Gasteiger partial charge is 0.497 e. The van der Waals surface area contributed by atoms with E-state index in [0.717, 1.165) is 5.75 Å². The molecule has 0 spiro atoms. The van der Waals surface area contributed by atoms with Crippen molar-refractivity contribution < 1.29 is 4.74 Å². The molecule has 3 heteroatoms. The van der Waals surface area contributed by atoms with Crippen molar-refractivity contribution in [2.45, 2.75) is 5.37 Å². The predicted octanol–water partition coefficient (Wildman–Crippen LogP) is 2.19. The summed E-state index contributed by atoms with van der Waals surface area (Å²) >= 11 is 4.46. The molecule has 1 rings (SSSR count). The molecule has 1 unspecified atom stereocenters. The summed E-state index contributed by atoms with van der Waals surface area (Å²) in [5, 5.41) is 0.144. The van der Waals surface area contributed by atoms with Crippen molar-refractivity contribution in [1.29, 1.82) is 0 Å². The van der Waals surface area contributed by atoms with Gasteiger partial charge in [0.05, 0.1) is 12.5 Å². The fourth-order valence-electron chi connectivity index (χ4n) is 1.07. The van der Waals surface area contributed by atoms with E-state index in [9.17, 15) is 0 Å². The van der Waals surface area contributed by atoms with E-state index in [1.54, 1.807) is 7.11 Å². The fraction of sp³-hybridized carbons (Fsp3) is 0.400. The van der Waals surface area contributed by atoms with E-state index in [1.807, 2.05) is 43.3 Å². The van der Waals surface area contributed by atoms with Crippen LogP contribution < -0.4 is 4.74 Å². The highest BCUT2D eigenvalue weighted by molar-refractivity contribution is 7.80. The molecule has 0 bridgehead atoms. The minimum absolute atomic E-state index is 0.144. The molecule has 1 atom stereocenters. The summed E-state index contributed by atoms with van der Waals surface area (Å²) < 4.78 is 5.07. The Morgan fingerprint density at radius 2 is 1.77 bits per heavy atom. The highest BCUT2D eigenvalue weighted by Gasteiger charge is 2.07. The van der Waals surface area contributed by atoms with Crippen LogP contribution in [0.2, 0.25) is 0 Å². The van der Waals surface area contributed by atoms with E-state index >= 15 is 0 Å². The molecule has 13 heavy (non-hydrogen) atoms. The van der Waals surface area contributed by atoms with Gasteiger partial charge < -0.3 is 4.74 Å². The monoisotopic (exact) mass is 197 g/mol. The Hall–Kier alpha value is -0.670. The summed E-state index contributed by atoms with van der Waals surface area (Å²) in [6.45, 7) is 0. The molecule has 0 aliphatic rings. The van der Waals surface area contributed by atoms with Crippen LogP contribution in [0, 0.1) is 0 Å². The molecule has 0 radical (unpaired) electrons. The molecular weight excluding hydrogens is 182 g/mol. The number of benzene rings is 1. The smallest absolute Gasteiger partial charge is 0.118 e. The van der Waals surface area contributed by atoms with Gasteiger partial charge in [0.1, 0.15) is 5.75 Å². The Kier molecular flexibility index (Phi) is 3.63. The van der Waals surface area contributed by atoms with Gasteiger partial charge in [-0.1, -0.05) is 12.1 Å². The minimum Gasteiger partial charge on any atom is -0.497 e. The number of methoxy groups -OCH3 is 1. The zero-order valence-electron chi connectivity index (χ0n) is 8.19. The molecule has 0 aromatic heterocycles. The van der Waals surface area contributed by atoms with E-state index in [4.69, 9.17) is 4.74 Å². The van der Waals surface area contributed by atoms with Crippen molar-refractivity contribution in [1.82, 2.24) is 4.90 Å². The van der Waals surface area contributed by atoms with E-state index in [-0.39, 0.29) is 5.37 Å². The van der Waals surface area contributed by atoms with Crippen molar-refractivity contribution in [3.8, 4) is 5.75 Å². The zero-order chi connectivity index (χ0) is 9.84. The molecule has 0 aliphatic heterocycles. The summed E-state index contributed by atoms with van der Waals surface area (Å²) in [6.07, 6.45) is 0. The standard InChI is InChI=1S/C10H15NOS/c1-11(2)10(13)8-4-6-9(12-3)7-5-8/h4-7,10,13H,1-3H3.